The minimum absolute atomic E-state index is 0.142. The number of nitrogens with one attached hydrogen (secondary N) is 1. The summed E-state index contributed by atoms with van der Waals surface area (Å²) in [5.41, 5.74) is -0.102. The molecule has 25 heavy (non-hydrogen) atoms. The van der Waals surface area contributed by atoms with Crippen LogP contribution in [-0.4, -0.2) is 28.9 Å². The zero-order valence-corrected chi connectivity index (χ0v) is 13.3. The van der Waals surface area contributed by atoms with Crippen molar-refractivity contribution in [2.75, 3.05) is 13.2 Å². The molecule has 0 fully saturated rings. The Kier molecular flexibility index (Phi) is 5.62. The Morgan fingerprint density at radius 3 is 2.12 bits per heavy atom. The van der Waals surface area contributed by atoms with E-state index < -0.39 is 27.1 Å². The summed E-state index contributed by atoms with van der Waals surface area (Å²) in [6.45, 7) is 2.28. The topological polar surface area (TPSA) is 125 Å². The van der Waals surface area contributed by atoms with Crippen molar-refractivity contribution in [3.8, 4) is 5.75 Å². The Hall–Kier alpha value is -3.49. The second kappa shape index (κ2) is 7.86. The van der Waals surface area contributed by atoms with Crippen molar-refractivity contribution in [1.82, 2.24) is 5.32 Å². The van der Waals surface area contributed by atoms with E-state index in [1.54, 1.807) is 12.1 Å². The second-order valence-electron chi connectivity index (χ2n) is 5.17. The van der Waals surface area contributed by atoms with Crippen molar-refractivity contribution in [2.24, 2.45) is 0 Å². The van der Waals surface area contributed by atoms with Crippen molar-refractivity contribution in [3.63, 3.8) is 0 Å². The minimum atomic E-state index is -0.787. The highest BCUT2D eigenvalue weighted by Gasteiger charge is 2.19. The quantitative estimate of drug-likeness (QED) is 0.467. The largest absolute Gasteiger partial charge is 0.492 e. The lowest BCUT2D eigenvalue weighted by molar-refractivity contribution is -0.394. The first-order valence-corrected chi connectivity index (χ1v) is 7.28. The maximum absolute atomic E-state index is 12.0. The summed E-state index contributed by atoms with van der Waals surface area (Å²) in [4.78, 5) is 32.1. The predicted octanol–water partition coefficient (Wildman–Crippen LogP) is 2.62. The molecule has 0 aliphatic carbocycles. The number of nitrogens with zero attached hydrogens (tertiary/aromatic N) is 2. The zero-order valence-electron chi connectivity index (χ0n) is 13.3. The van der Waals surface area contributed by atoms with Gasteiger partial charge in [0.05, 0.1) is 28.0 Å². The summed E-state index contributed by atoms with van der Waals surface area (Å²) in [5, 5.41) is 24.1. The van der Waals surface area contributed by atoms with Crippen molar-refractivity contribution in [1.29, 1.82) is 0 Å². The molecular weight excluding hydrogens is 330 g/mol. The van der Waals surface area contributed by atoms with E-state index in [2.05, 4.69) is 5.32 Å². The van der Waals surface area contributed by atoms with Gasteiger partial charge < -0.3 is 10.1 Å². The predicted molar refractivity (Wildman–Crippen MR) is 88.8 cm³/mol. The van der Waals surface area contributed by atoms with Gasteiger partial charge in [0.15, 0.2) is 0 Å². The lowest BCUT2D eigenvalue weighted by atomic mass is 10.1. The Bertz CT molecular complexity index is 772. The van der Waals surface area contributed by atoms with Gasteiger partial charge in [0.1, 0.15) is 12.4 Å². The van der Waals surface area contributed by atoms with Crippen LogP contribution in [0.2, 0.25) is 0 Å². The van der Waals surface area contributed by atoms with Crippen LogP contribution in [0, 0.1) is 27.2 Å². The van der Waals surface area contributed by atoms with Crippen LogP contribution in [0.15, 0.2) is 42.5 Å². The molecule has 0 aromatic heterocycles. The van der Waals surface area contributed by atoms with E-state index in [4.69, 9.17) is 4.74 Å². The lowest BCUT2D eigenvalue weighted by Gasteiger charge is -2.08. The summed E-state index contributed by atoms with van der Waals surface area (Å²) in [5.74, 6) is -0.00913. The molecule has 0 heterocycles. The van der Waals surface area contributed by atoms with Gasteiger partial charge in [-0.2, -0.15) is 0 Å². The zero-order chi connectivity index (χ0) is 18.4. The maximum atomic E-state index is 12.0. The average Bonchev–Trinajstić information content (AvgIpc) is 2.59. The Labute approximate surface area is 142 Å². The van der Waals surface area contributed by atoms with Gasteiger partial charge in [-0.1, -0.05) is 17.7 Å². The number of nitro groups is 2. The molecule has 0 atom stereocenters. The number of nitro benzene ring substituents is 2. The monoisotopic (exact) mass is 345 g/mol. The van der Waals surface area contributed by atoms with Crippen LogP contribution < -0.4 is 10.1 Å². The van der Waals surface area contributed by atoms with Gasteiger partial charge in [0.2, 0.25) is 0 Å². The van der Waals surface area contributed by atoms with Gasteiger partial charge in [0, 0.05) is 12.1 Å². The van der Waals surface area contributed by atoms with Crippen LogP contribution in [-0.2, 0) is 0 Å². The molecule has 9 heteroatoms. The number of non-ortho nitro benzene ring substituents is 2. The number of carbonyl (C=O) groups is 1. The maximum Gasteiger partial charge on any atom is 0.277 e. The number of rotatable bonds is 7. The molecule has 1 N–H and O–H groups in total. The molecule has 2 aromatic carbocycles. The van der Waals surface area contributed by atoms with Crippen LogP contribution in [0.5, 0.6) is 5.75 Å². The third-order valence-corrected chi connectivity index (χ3v) is 3.26. The number of hydrogen-bond acceptors (Lipinski definition) is 6. The molecule has 0 saturated heterocycles. The molecular formula is C16H15N3O6. The van der Waals surface area contributed by atoms with E-state index >= 15 is 0 Å². The molecule has 0 bridgehead atoms. The molecule has 2 aromatic rings. The van der Waals surface area contributed by atoms with Crippen LogP contribution in [0.25, 0.3) is 0 Å². The van der Waals surface area contributed by atoms with Crippen molar-refractivity contribution in [3.05, 3.63) is 73.8 Å². The summed E-state index contributed by atoms with van der Waals surface area (Å²) in [6.07, 6.45) is 0. The highest BCUT2D eigenvalue weighted by atomic mass is 16.6. The van der Waals surface area contributed by atoms with E-state index in [9.17, 15) is 25.0 Å². The van der Waals surface area contributed by atoms with E-state index in [1.807, 2.05) is 19.1 Å². The third kappa shape index (κ3) is 4.99. The number of carbonyl (C=O) groups excluding carboxylic acids is 1. The van der Waals surface area contributed by atoms with Gasteiger partial charge in [-0.15, -0.1) is 0 Å². The molecule has 0 aliphatic rings. The highest BCUT2D eigenvalue weighted by molar-refractivity contribution is 5.95. The fourth-order valence-electron chi connectivity index (χ4n) is 2.01. The van der Waals surface area contributed by atoms with Crippen LogP contribution >= 0.6 is 0 Å². The van der Waals surface area contributed by atoms with Gasteiger partial charge in [-0.25, -0.2) is 0 Å². The van der Waals surface area contributed by atoms with Gasteiger partial charge in [-0.05, 0) is 19.1 Å². The molecule has 0 saturated carbocycles. The van der Waals surface area contributed by atoms with E-state index in [-0.39, 0.29) is 18.7 Å². The second-order valence-corrected chi connectivity index (χ2v) is 5.17. The SMILES string of the molecule is Cc1ccc(OCCNC(=O)c2cc([N+](=O)[O-])cc([N+](=O)[O-])c2)cc1. The lowest BCUT2D eigenvalue weighted by Crippen LogP contribution is -2.28. The Morgan fingerprint density at radius 2 is 1.60 bits per heavy atom. The molecule has 1 amide bonds. The molecule has 9 nitrogen and oxygen atoms in total. The van der Waals surface area contributed by atoms with E-state index in [1.165, 1.54) is 0 Å². The number of ether oxygens (including phenoxy) is 1. The van der Waals surface area contributed by atoms with E-state index in [0.29, 0.717) is 5.75 Å². The first-order chi connectivity index (χ1) is 11.9. The van der Waals surface area contributed by atoms with Crippen LogP contribution in [0.1, 0.15) is 15.9 Å². The van der Waals surface area contributed by atoms with E-state index in [0.717, 1.165) is 23.8 Å². The Morgan fingerprint density at radius 1 is 1.04 bits per heavy atom. The van der Waals surface area contributed by atoms with Crippen LogP contribution in [0.3, 0.4) is 0 Å². The number of amides is 1. The average molecular weight is 345 g/mol. The summed E-state index contributed by atoms with van der Waals surface area (Å²) < 4.78 is 5.44. The van der Waals surface area contributed by atoms with Crippen molar-refractivity contribution >= 4 is 17.3 Å². The molecule has 2 rings (SSSR count). The van der Waals surface area contributed by atoms with Crippen molar-refractivity contribution in [2.45, 2.75) is 6.92 Å². The molecule has 0 radical (unpaired) electrons. The smallest absolute Gasteiger partial charge is 0.277 e. The molecule has 0 spiro atoms. The first kappa shape index (κ1) is 17.9. The summed E-state index contributed by atoms with van der Waals surface area (Å²) in [6, 6.07) is 10.1. The van der Waals surface area contributed by atoms with Gasteiger partial charge in [0.25, 0.3) is 17.3 Å². The summed E-state index contributed by atoms with van der Waals surface area (Å²) in [7, 11) is 0. The number of benzene rings is 2. The summed E-state index contributed by atoms with van der Waals surface area (Å²) >= 11 is 0. The fourth-order valence-corrected chi connectivity index (χ4v) is 2.01. The van der Waals surface area contributed by atoms with Crippen molar-refractivity contribution < 1.29 is 19.4 Å². The number of aryl methyl sites for hydroxylation is 1. The Balaban J connectivity index is 1.96. The standard InChI is InChI=1S/C16H15N3O6/c1-11-2-4-15(5-3-11)25-7-6-17-16(20)12-8-13(18(21)22)10-14(9-12)19(23)24/h2-5,8-10H,6-7H2,1H3,(H,17,20). The van der Waals surface area contributed by atoms with Crippen LogP contribution in [0.4, 0.5) is 11.4 Å². The fraction of sp³-hybridized carbons (Fsp3) is 0.188. The first-order valence-electron chi connectivity index (χ1n) is 7.28. The minimum Gasteiger partial charge on any atom is -0.492 e. The van der Waals surface area contributed by atoms with Gasteiger partial charge in [-0.3, -0.25) is 25.0 Å². The third-order valence-electron chi connectivity index (χ3n) is 3.26. The molecule has 130 valence electrons. The highest BCUT2D eigenvalue weighted by Crippen LogP contribution is 2.22. The molecule has 0 aliphatic heterocycles. The normalized spacial score (nSPS) is 10.1. The molecule has 0 unspecified atom stereocenters. The van der Waals surface area contributed by atoms with Gasteiger partial charge >= 0.3 is 0 Å². The number of hydrogen-bond donors (Lipinski definition) is 1.